The average molecular weight is 309 g/mol. The highest BCUT2D eigenvalue weighted by Crippen LogP contribution is 2.39. The molecule has 0 aromatic heterocycles. The fraction of sp³-hybridized carbons (Fsp3) is 0.667. The van der Waals surface area contributed by atoms with Crippen molar-refractivity contribution in [2.24, 2.45) is 5.92 Å². The SMILES string of the molecule is Cc1cccc(C2(NCC3CCNCC3)CCCC2)c1.Cl. The van der Waals surface area contributed by atoms with Crippen LogP contribution in [0.25, 0.3) is 0 Å². The van der Waals surface area contributed by atoms with Gasteiger partial charge in [-0.05, 0) is 63.7 Å². The second-order valence-electron chi connectivity index (χ2n) is 6.73. The Hall–Kier alpha value is -0.570. The van der Waals surface area contributed by atoms with Gasteiger partial charge in [-0.15, -0.1) is 12.4 Å². The molecule has 1 saturated heterocycles. The number of rotatable bonds is 4. The van der Waals surface area contributed by atoms with Crippen LogP contribution in [0, 0.1) is 12.8 Å². The van der Waals surface area contributed by atoms with Gasteiger partial charge in [-0.3, -0.25) is 0 Å². The number of aryl methyl sites for hydroxylation is 1. The standard InChI is InChI=1S/C18H28N2.ClH/c1-15-5-4-6-17(13-15)18(9-2-3-10-18)20-14-16-7-11-19-12-8-16;/h4-6,13,16,19-20H,2-3,7-12,14H2,1H3;1H. The van der Waals surface area contributed by atoms with Crippen LogP contribution < -0.4 is 10.6 Å². The van der Waals surface area contributed by atoms with E-state index in [0.717, 1.165) is 5.92 Å². The van der Waals surface area contributed by atoms with Crippen LogP contribution in [0.5, 0.6) is 0 Å². The third kappa shape index (κ3) is 4.00. The van der Waals surface area contributed by atoms with Crippen molar-refractivity contribution in [1.82, 2.24) is 10.6 Å². The van der Waals surface area contributed by atoms with Crippen molar-refractivity contribution in [3.63, 3.8) is 0 Å². The number of halogens is 1. The smallest absolute Gasteiger partial charge is 0.0434 e. The van der Waals surface area contributed by atoms with E-state index in [1.54, 1.807) is 0 Å². The van der Waals surface area contributed by atoms with E-state index in [2.05, 4.69) is 41.8 Å². The average Bonchev–Trinajstić information content (AvgIpc) is 2.96. The lowest BCUT2D eigenvalue weighted by Gasteiger charge is -2.34. The molecule has 2 N–H and O–H groups in total. The summed E-state index contributed by atoms with van der Waals surface area (Å²) in [6.45, 7) is 5.79. The Morgan fingerprint density at radius 2 is 1.90 bits per heavy atom. The van der Waals surface area contributed by atoms with Gasteiger partial charge < -0.3 is 10.6 Å². The minimum Gasteiger partial charge on any atom is -0.317 e. The number of hydrogen-bond acceptors (Lipinski definition) is 2. The molecule has 1 aliphatic carbocycles. The van der Waals surface area contributed by atoms with Gasteiger partial charge in [0.25, 0.3) is 0 Å². The van der Waals surface area contributed by atoms with E-state index < -0.39 is 0 Å². The van der Waals surface area contributed by atoms with Crippen molar-refractivity contribution in [3.05, 3.63) is 35.4 Å². The molecule has 3 rings (SSSR count). The zero-order valence-corrected chi connectivity index (χ0v) is 14.0. The van der Waals surface area contributed by atoms with Crippen molar-refractivity contribution in [2.45, 2.75) is 51.0 Å². The molecule has 0 atom stereocenters. The van der Waals surface area contributed by atoms with Gasteiger partial charge in [0, 0.05) is 5.54 Å². The summed E-state index contributed by atoms with van der Waals surface area (Å²) < 4.78 is 0. The second-order valence-corrected chi connectivity index (χ2v) is 6.73. The first-order valence-corrected chi connectivity index (χ1v) is 8.31. The van der Waals surface area contributed by atoms with Gasteiger partial charge in [0.15, 0.2) is 0 Å². The number of hydrogen-bond donors (Lipinski definition) is 2. The molecule has 0 unspecified atom stereocenters. The molecule has 2 fully saturated rings. The molecule has 0 amide bonds. The molecular weight excluding hydrogens is 280 g/mol. The highest BCUT2D eigenvalue weighted by atomic mass is 35.5. The van der Waals surface area contributed by atoms with E-state index >= 15 is 0 Å². The monoisotopic (exact) mass is 308 g/mol. The van der Waals surface area contributed by atoms with Crippen LogP contribution in [0.2, 0.25) is 0 Å². The van der Waals surface area contributed by atoms with E-state index in [1.165, 1.54) is 69.3 Å². The van der Waals surface area contributed by atoms with Crippen LogP contribution in [-0.4, -0.2) is 19.6 Å². The van der Waals surface area contributed by atoms with Crippen LogP contribution in [-0.2, 0) is 5.54 Å². The number of benzene rings is 1. The summed E-state index contributed by atoms with van der Waals surface area (Å²) >= 11 is 0. The Morgan fingerprint density at radius 1 is 1.19 bits per heavy atom. The van der Waals surface area contributed by atoms with Crippen LogP contribution >= 0.6 is 12.4 Å². The molecule has 1 aliphatic heterocycles. The molecule has 2 nitrogen and oxygen atoms in total. The van der Waals surface area contributed by atoms with Crippen LogP contribution in [0.15, 0.2) is 24.3 Å². The molecule has 1 heterocycles. The van der Waals surface area contributed by atoms with Crippen LogP contribution in [0.3, 0.4) is 0 Å². The van der Waals surface area contributed by atoms with Crippen molar-refractivity contribution in [3.8, 4) is 0 Å². The molecule has 3 heteroatoms. The van der Waals surface area contributed by atoms with Gasteiger partial charge in [-0.25, -0.2) is 0 Å². The Bertz CT molecular complexity index is 435. The van der Waals surface area contributed by atoms with Crippen molar-refractivity contribution < 1.29 is 0 Å². The van der Waals surface area contributed by atoms with Crippen LogP contribution in [0.1, 0.15) is 49.7 Å². The largest absolute Gasteiger partial charge is 0.317 e. The van der Waals surface area contributed by atoms with E-state index in [-0.39, 0.29) is 17.9 Å². The summed E-state index contributed by atoms with van der Waals surface area (Å²) in [6, 6.07) is 9.14. The van der Waals surface area contributed by atoms with Crippen molar-refractivity contribution in [1.29, 1.82) is 0 Å². The summed E-state index contributed by atoms with van der Waals surface area (Å²) in [7, 11) is 0. The van der Waals surface area contributed by atoms with Crippen molar-refractivity contribution in [2.75, 3.05) is 19.6 Å². The molecule has 21 heavy (non-hydrogen) atoms. The third-order valence-electron chi connectivity index (χ3n) is 5.22. The molecule has 1 aromatic carbocycles. The van der Waals surface area contributed by atoms with Gasteiger partial charge in [-0.1, -0.05) is 42.7 Å². The lowest BCUT2D eigenvalue weighted by atomic mass is 9.86. The summed E-state index contributed by atoms with van der Waals surface area (Å²) in [5.74, 6) is 0.860. The van der Waals surface area contributed by atoms with E-state index in [4.69, 9.17) is 0 Å². The van der Waals surface area contributed by atoms with Gasteiger partial charge in [0.05, 0.1) is 0 Å². The fourth-order valence-electron chi connectivity index (χ4n) is 3.91. The Balaban J connectivity index is 0.00000161. The predicted molar refractivity (Wildman–Crippen MR) is 92.2 cm³/mol. The zero-order chi connectivity index (χ0) is 13.8. The molecule has 1 saturated carbocycles. The Labute approximate surface area is 135 Å². The maximum absolute atomic E-state index is 3.98. The second kappa shape index (κ2) is 7.62. The quantitative estimate of drug-likeness (QED) is 0.884. The minimum absolute atomic E-state index is 0. The maximum Gasteiger partial charge on any atom is 0.0434 e. The number of nitrogens with one attached hydrogen (secondary N) is 2. The molecule has 2 aliphatic rings. The topological polar surface area (TPSA) is 24.1 Å². The predicted octanol–water partition coefficient (Wildman–Crippen LogP) is 3.78. The van der Waals surface area contributed by atoms with Gasteiger partial charge in [0.1, 0.15) is 0 Å². The third-order valence-corrected chi connectivity index (χ3v) is 5.22. The summed E-state index contributed by atoms with van der Waals surface area (Å²) in [6.07, 6.45) is 8.01. The summed E-state index contributed by atoms with van der Waals surface area (Å²) in [4.78, 5) is 0. The van der Waals surface area contributed by atoms with Crippen molar-refractivity contribution >= 4 is 12.4 Å². The fourth-order valence-corrected chi connectivity index (χ4v) is 3.91. The minimum atomic E-state index is 0. The Morgan fingerprint density at radius 3 is 2.57 bits per heavy atom. The summed E-state index contributed by atoms with van der Waals surface area (Å²) in [5.41, 5.74) is 3.16. The molecule has 0 spiro atoms. The molecular formula is C18H29ClN2. The lowest BCUT2D eigenvalue weighted by Crippen LogP contribution is -2.44. The molecule has 118 valence electrons. The lowest BCUT2D eigenvalue weighted by molar-refractivity contribution is 0.278. The molecule has 1 aromatic rings. The van der Waals surface area contributed by atoms with E-state index in [0.29, 0.717) is 0 Å². The highest BCUT2D eigenvalue weighted by molar-refractivity contribution is 5.85. The molecule has 0 bridgehead atoms. The summed E-state index contributed by atoms with van der Waals surface area (Å²) in [5, 5.41) is 7.44. The van der Waals surface area contributed by atoms with Gasteiger partial charge in [0.2, 0.25) is 0 Å². The molecule has 0 radical (unpaired) electrons. The normalized spacial score (nSPS) is 22.0. The van der Waals surface area contributed by atoms with E-state index in [1.807, 2.05) is 0 Å². The van der Waals surface area contributed by atoms with E-state index in [9.17, 15) is 0 Å². The Kier molecular flexibility index (Phi) is 6.09. The maximum atomic E-state index is 3.98. The van der Waals surface area contributed by atoms with Gasteiger partial charge in [-0.2, -0.15) is 0 Å². The van der Waals surface area contributed by atoms with Gasteiger partial charge >= 0.3 is 0 Å². The number of piperidine rings is 1. The first-order chi connectivity index (χ1) is 9.78. The highest BCUT2D eigenvalue weighted by Gasteiger charge is 2.35. The van der Waals surface area contributed by atoms with Crippen LogP contribution in [0.4, 0.5) is 0 Å². The first kappa shape index (κ1) is 16.8. The zero-order valence-electron chi connectivity index (χ0n) is 13.2. The first-order valence-electron chi connectivity index (χ1n) is 8.31.